The van der Waals surface area contributed by atoms with Gasteiger partial charge in [0.1, 0.15) is 0 Å². The van der Waals surface area contributed by atoms with E-state index in [9.17, 15) is 0 Å². The summed E-state index contributed by atoms with van der Waals surface area (Å²) in [6, 6.07) is 0. The summed E-state index contributed by atoms with van der Waals surface area (Å²) in [7, 11) is 0. The Labute approximate surface area is 99.5 Å². The van der Waals surface area contributed by atoms with E-state index in [1.807, 2.05) is 0 Å². The first-order valence-electron chi connectivity index (χ1n) is 6.70. The molecule has 3 heteroatoms. The smallest absolute Gasteiger partial charge is 0.0678 e. The standard InChI is InChI=1S/C13H26N2O/c1-11-8-15(9-12(2)16-11)10-13(3)6-4-5-7-14-13/h11-12,14H,4-10H2,1-3H3/t11-,12+,13?. The van der Waals surface area contributed by atoms with Crippen molar-refractivity contribution in [2.45, 2.75) is 57.8 Å². The minimum absolute atomic E-state index is 0.328. The molecule has 0 saturated carbocycles. The zero-order valence-corrected chi connectivity index (χ0v) is 11.0. The molecule has 94 valence electrons. The number of rotatable bonds is 2. The molecule has 1 unspecified atom stereocenters. The lowest BCUT2D eigenvalue weighted by molar-refractivity contribution is -0.0745. The number of morpholine rings is 1. The molecule has 3 nitrogen and oxygen atoms in total. The summed E-state index contributed by atoms with van der Waals surface area (Å²) in [4.78, 5) is 2.57. The van der Waals surface area contributed by atoms with Gasteiger partial charge < -0.3 is 10.1 Å². The van der Waals surface area contributed by atoms with Crippen molar-refractivity contribution in [2.24, 2.45) is 0 Å². The Morgan fingerprint density at radius 3 is 2.50 bits per heavy atom. The van der Waals surface area contributed by atoms with Crippen LogP contribution >= 0.6 is 0 Å². The number of hydrogen-bond acceptors (Lipinski definition) is 3. The summed E-state index contributed by atoms with van der Waals surface area (Å²) in [6.07, 6.45) is 4.80. The summed E-state index contributed by atoms with van der Waals surface area (Å²) in [5.41, 5.74) is 0.328. The Hall–Kier alpha value is -0.120. The van der Waals surface area contributed by atoms with Crippen LogP contribution in [0.25, 0.3) is 0 Å². The van der Waals surface area contributed by atoms with E-state index in [0.717, 1.165) is 13.1 Å². The van der Waals surface area contributed by atoms with Crippen molar-refractivity contribution in [3.8, 4) is 0 Å². The SMILES string of the molecule is C[C@@H]1CN(CC2(C)CCCCN2)C[C@H](C)O1. The average Bonchev–Trinajstić information content (AvgIpc) is 2.15. The van der Waals surface area contributed by atoms with E-state index in [0.29, 0.717) is 17.7 Å². The van der Waals surface area contributed by atoms with E-state index in [2.05, 4.69) is 31.0 Å². The molecule has 2 heterocycles. The predicted octanol–water partition coefficient (Wildman–Crippen LogP) is 1.63. The third kappa shape index (κ3) is 3.19. The van der Waals surface area contributed by atoms with Gasteiger partial charge in [0.2, 0.25) is 0 Å². The maximum absolute atomic E-state index is 5.78. The quantitative estimate of drug-likeness (QED) is 0.774. The highest BCUT2D eigenvalue weighted by atomic mass is 16.5. The molecule has 0 aromatic carbocycles. The summed E-state index contributed by atoms with van der Waals surface area (Å²) in [6.45, 7) is 11.3. The molecule has 3 atom stereocenters. The van der Waals surface area contributed by atoms with E-state index >= 15 is 0 Å². The first kappa shape index (κ1) is 12.3. The van der Waals surface area contributed by atoms with Gasteiger partial charge in [0.25, 0.3) is 0 Å². The van der Waals surface area contributed by atoms with Crippen LogP contribution in [0.4, 0.5) is 0 Å². The van der Waals surface area contributed by atoms with Gasteiger partial charge in [-0.05, 0) is 40.2 Å². The summed E-state index contributed by atoms with van der Waals surface area (Å²) in [5, 5.41) is 3.69. The van der Waals surface area contributed by atoms with E-state index in [-0.39, 0.29) is 0 Å². The second-order valence-corrected chi connectivity index (χ2v) is 5.90. The Kier molecular flexibility index (Phi) is 3.88. The molecule has 2 aliphatic rings. The van der Waals surface area contributed by atoms with Gasteiger partial charge in [-0.2, -0.15) is 0 Å². The van der Waals surface area contributed by atoms with E-state index in [1.165, 1.54) is 32.4 Å². The van der Waals surface area contributed by atoms with Gasteiger partial charge in [-0.25, -0.2) is 0 Å². The average molecular weight is 226 g/mol. The number of nitrogens with one attached hydrogen (secondary N) is 1. The van der Waals surface area contributed by atoms with Crippen molar-refractivity contribution in [3.05, 3.63) is 0 Å². The molecule has 0 aromatic heterocycles. The van der Waals surface area contributed by atoms with Crippen molar-refractivity contribution in [3.63, 3.8) is 0 Å². The molecule has 0 bridgehead atoms. The van der Waals surface area contributed by atoms with E-state index < -0.39 is 0 Å². The van der Waals surface area contributed by atoms with Crippen LogP contribution in [0.3, 0.4) is 0 Å². The molecular formula is C13H26N2O. The van der Waals surface area contributed by atoms with Gasteiger partial charge in [0.15, 0.2) is 0 Å². The normalized spacial score (nSPS) is 42.2. The molecule has 2 rings (SSSR count). The van der Waals surface area contributed by atoms with Crippen molar-refractivity contribution in [1.29, 1.82) is 0 Å². The molecule has 0 aliphatic carbocycles. The molecule has 2 aliphatic heterocycles. The van der Waals surface area contributed by atoms with Crippen molar-refractivity contribution in [2.75, 3.05) is 26.2 Å². The van der Waals surface area contributed by atoms with Crippen molar-refractivity contribution in [1.82, 2.24) is 10.2 Å². The van der Waals surface area contributed by atoms with Crippen LogP contribution in [0.5, 0.6) is 0 Å². The number of piperidine rings is 1. The monoisotopic (exact) mass is 226 g/mol. The fraction of sp³-hybridized carbons (Fsp3) is 1.00. The maximum Gasteiger partial charge on any atom is 0.0678 e. The molecule has 2 fully saturated rings. The Balaban J connectivity index is 1.87. The summed E-state index contributed by atoms with van der Waals surface area (Å²) in [5.74, 6) is 0. The van der Waals surface area contributed by atoms with E-state index in [4.69, 9.17) is 4.74 Å². The summed E-state index contributed by atoms with van der Waals surface area (Å²) < 4.78 is 5.78. The molecule has 1 N–H and O–H groups in total. The predicted molar refractivity (Wildman–Crippen MR) is 66.7 cm³/mol. The third-order valence-corrected chi connectivity index (χ3v) is 3.77. The lowest BCUT2D eigenvalue weighted by Gasteiger charge is -2.43. The molecule has 0 radical (unpaired) electrons. The first-order valence-corrected chi connectivity index (χ1v) is 6.70. The lowest BCUT2D eigenvalue weighted by atomic mass is 9.90. The van der Waals surface area contributed by atoms with Crippen LogP contribution in [0.15, 0.2) is 0 Å². The first-order chi connectivity index (χ1) is 7.57. The van der Waals surface area contributed by atoms with Gasteiger partial charge in [-0.3, -0.25) is 4.90 Å². The topological polar surface area (TPSA) is 24.5 Å². The fourth-order valence-corrected chi connectivity index (χ4v) is 3.16. The summed E-state index contributed by atoms with van der Waals surface area (Å²) >= 11 is 0. The van der Waals surface area contributed by atoms with Crippen LogP contribution < -0.4 is 5.32 Å². The lowest BCUT2D eigenvalue weighted by Crippen LogP contribution is -2.57. The third-order valence-electron chi connectivity index (χ3n) is 3.77. The molecule has 2 saturated heterocycles. The van der Waals surface area contributed by atoms with Crippen LogP contribution in [0.2, 0.25) is 0 Å². The van der Waals surface area contributed by atoms with Gasteiger partial charge in [-0.1, -0.05) is 6.42 Å². The number of hydrogen-bond donors (Lipinski definition) is 1. The number of nitrogens with zero attached hydrogens (tertiary/aromatic N) is 1. The Bertz CT molecular complexity index is 216. The Morgan fingerprint density at radius 1 is 1.25 bits per heavy atom. The van der Waals surface area contributed by atoms with Crippen molar-refractivity contribution < 1.29 is 4.74 Å². The fourth-order valence-electron chi connectivity index (χ4n) is 3.16. The van der Waals surface area contributed by atoms with Gasteiger partial charge in [0, 0.05) is 25.2 Å². The van der Waals surface area contributed by atoms with Gasteiger partial charge in [-0.15, -0.1) is 0 Å². The zero-order valence-electron chi connectivity index (χ0n) is 11.0. The van der Waals surface area contributed by atoms with Crippen LogP contribution in [-0.2, 0) is 4.74 Å². The molecule has 16 heavy (non-hydrogen) atoms. The Morgan fingerprint density at radius 2 is 1.94 bits per heavy atom. The van der Waals surface area contributed by atoms with Gasteiger partial charge >= 0.3 is 0 Å². The van der Waals surface area contributed by atoms with E-state index in [1.54, 1.807) is 0 Å². The maximum atomic E-state index is 5.78. The minimum Gasteiger partial charge on any atom is -0.373 e. The van der Waals surface area contributed by atoms with Crippen molar-refractivity contribution >= 4 is 0 Å². The van der Waals surface area contributed by atoms with Gasteiger partial charge in [0.05, 0.1) is 12.2 Å². The highest BCUT2D eigenvalue weighted by molar-refractivity contribution is 4.91. The molecule has 0 amide bonds. The highest BCUT2D eigenvalue weighted by Crippen LogP contribution is 2.22. The molecule has 0 aromatic rings. The van der Waals surface area contributed by atoms with Crippen LogP contribution in [0, 0.1) is 0 Å². The van der Waals surface area contributed by atoms with Crippen LogP contribution in [-0.4, -0.2) is 48.8 Å². The highest BCUT2D eigenvalue weighted by Gasteiger charge is 2.31. The zero-order chi connectivity index (χ0) is 11.6. The minimum atomic E-state index is 0.328. The second kappa shape index (κ2) is 5.03. The number of ether oxygens (including phenoxy) is 1. The molecular weight excluding hydrogens is 200 g/mol. The molecule has 0 spiro atoms. The van der Waals surface area contributed by atoms with Crippen LogP contribution in [0.1, 0.15) is 40.0 Å². The largest absolute Gasteiger partial charge is 0.373 e. The second-order valence-electron chi connectivity index (χ2n) is 5.90.